The van der Waals surface area contributed by atoms with Gasteiger partial charge in [0.05, 0.1) is 0 Å². The van der Waals surface area contributed by atoms with Crippen LogP contribution < -0.4 is 0 Å². The van der Waals surface area contributed by atoms with Gasteiger partial charge in [-0.3, -0.25) is 4.79 Å². The summed E-state index contributed by atoms with van der Waals surface area (Å²) in [6.07, 6.45) is 16.6. The average molecular weight is 315 g/mol. The van der Waals surface area contributed by atoms with E-state index in [-0.39, 0.29) is 5.41 Å². The van der Waals surface area contributed by atoms with Crippen molar-refractivity contribution in [3.8, 4) is 0 Å². The van der Waals surface area contributed by atoms with Crippen LogP contribution in [0.4, 0.5) is 0 Å². The van der Waals surface area contributed by atoms with Gasteiger partial charge in [0, 0.05) is 6.42 Å². The molecule has 0 aromatic carbocycles. The van der Waals surface area contributed by atoms with Crippen molar-refractivity contribution in [2.45, 2.75) is 91.4 Å². The zero-order valence-corrected chi connectivity index (χ0v) is 15.4. The van der Waals surface area contributed by atoms with Gasteiger partial charge in [-0.1, -0.05) is 57.9 Å². The Labute approximate surface area is 142 Å². The van der Waals surface area contributed by atoms with Crippen molar-refractivity contribution in [3.63, 3.8) is 0 Å². The molecule has 0 bridgehead atoms. The number of ketones is 1. The van der Waals surface area contributed by atoms with Crippen molar-refractivity contribution in [2.75, 3.05) is 0 Å². The summed E-state index contributed by atoms with van der Waals surface area (Å²) >= 11 is 0. The fourth-order valence-corrected chi connectivity index (χ4v) is 5.61. The first-order valence-corrected chi connectivity index (χ1v) is 9.95. The Bertz CT molecular complexity index is 488. The second-order valence-electron chi connectivity index (χ2n) is 8.85. The molecule has 2 saturated carbocycles. The van der Waals surface area contributed by atoms with Gasteiger partial charge in [0.1, 0.15) is 0 Å². The second-order valence-corrected chi connectivity index (χ2v) is 8.85. The third-order valence-electron chi connectivity index (χ3n) is 6.44. The fraction of sp³-hybridized carbons (Fsp3) is 0.773. The number of rotatable bonds is 2. The highest BCUT2D eigenvalue weighted by atomic mass is 16.1. The van der Waals surface area contributed by atoms with Crippen LogP contribution in [0.3, 0.4) is 0 Å². The highest BCUT2D eigenvalue weighted by Gasteiger charge is 2.37. The number of carbonyl (C=O) groups excluding carboxylic acids is 1. The Morgan fingerprint density at radius 3 is 1.83 bits per heavy atom. The molecule has 23 heavy (non-hydrogen) atoms. The molecule has 0 aromatic rings. The zero-order chi connectivity index (χ0) is 16.4. The molecule has 1 nitrogen and oxygen atoms in total. The van der Waals surface area contributed by atoms with Crippen LogP contribution in [0.15, 0.2) is 22.8 Å². The molecule has 0 heterocycles. The number of carbonyl (C=O) groups is 1. The lowest BCUT2D eigenvalue weighted by Gasteiger charge is -2.41. The van der Waals surface area contributed by atoms with Gasteiger partial charge in [0.2, 0.25) is 0 Å². The van der Waals surface area contributed by atoms with Crippen LogP contribution in [-0.4, -0.2) is 5.78 Å². The Morgan fingerprint density at radius 1 is 0.913 bits per heavy atom. The Morgan fingerprint density at radius 2 is 1.39 bits per heavy atom. The summed E-state index contributed by atoms with van der Waals surface area (Å²) in [5.74, 6) is 1.90. The van der Waals surface area contributed by atoms with E-state index in [1.165, 1.54) is 69.8 Å². The van der Waals surface area contributed by atoms with Crippen LogP contribution in [0.1, 0.15) is 91.4 Å². The molecule has 0 amide bonds. The maximum atomic E-state index is 12.1. The summed E-state index contributed by atoms with van der Waals surface area (Å²) in [6, 6.07) is 0. The molecular formula is C22H34O. The lowest BCUT2D eigenvalue weighted by atomic mass is 9.63. The highest BCUT2D eigenvalue weighted by molar-refractivity contribution is 5.93. The van der Waals surface area contributed by atoms with Gasteiger partial charge in [0.15, 0.2) is 5.78 Å². The summed E-state index contributed by atoms with van der Waals surface area (Å²) in [7, 11) is 0. The van der Waals surface area contributed by atoms with Gasteiger partial charge < -0.3 is 0 Å². The van der Waals surface area contributed by atoms with E-state index in [0.717, 1.165) is 11.8 Å². The molecule has 3 aliphatic carbocycles. The molecule has 0 atom stereocenters. The molecule has 0 N–H and O–H groups in total. The van der Waals surface area contributed by atoms with Crippen molar-refractivity contribution in [1.82, 2.24) is 0 Å². The van der Waals surface area contributed by atoms with Crippen molar-refractivity contribution < 1.29 is 4.79 Å². The predicted molar refractivity (Wildman–Crippen MR) is 97.3 cm³/mol. The summed E-state index contributed by atoms with van der Waals surface area (Å²) < 4.78 is 0. The van der Waals surface area contributed by atoms with Crippen LogP contribution in [0, 0.1) is 17.3 Å². The topological polar surface area (TPSA) is 17.1 Å². The molecule has 3 rings (SSSR count). The van der Waals surface area contributed by atoms with Gasteiger partial charge in [-0.15, -0.1) is 0 Å². The van der Waals surface area contributed by atoms with Crippen molar-refractivity contribution in [1.29, 1.82) is 0 Å². The van der Waals surface area contributed by atoms with E-state index in [4.69, 9.17) is 0 Å². The molecule has 2 fully saturated rings. The Hall–Kier alpha value is -0.850. The molecule has 0 saturated heterocycles. The SMILES string of the molecule is CC1=CC(=O)CC(C)(C)C1=C(C1CCCCC1)C1CCCCC1. The average Bonchev–Trinajstić information content (AvgIpc) is 2.52. The Balaban J connectivity index is 2.07. The van der Waals surface area contributed by atoms with Crippen LogP contribution in [0.5, 0.6) is 0 Å². The molecule has 3 aliphatic rings. The van der Waals surface area contributed by atoms with Gasteiger partial charge in [-0.2, -0.15) is 0 Å². The molecule has 0 aliphatic heterocycles. The van der Waals surface area contributed by atoms with Crippen molar-refractivity contribution in [3.05, 3.63) is 22.8 Å². The Kier molecular flexibility index (Phi) is 5.13. The lowest BCUT2D eigenvalue weighted by Crippen LogP contribution is -2.30. The molecule has 0 radical (unpaired) electrons. The minimum absolute atomic E-state index is 0.0279. The van der Waals surface area contributed by atoms with E-state index in [0.29, 0.717) is 12.2 Å². The minimum atomic E-state index is 0.0279. The molecule has 0 aromatic heterocycles. The summed E-state index contributed by atoms with van der Waals surface area (Å²) in [6.45, 7) is 6.81. The second kappa shape index (κ2) is 6.95. The highest BCUT2D eigenvalue weighted by Crippen LogP contribution is 2.49. The summed E-state index contributed by atoms with van der Waals surface area (Å²) in [4.78, 5) is 12.1. The van der Waals surface area contributed by atoms with Crippen molar-refractivity contribution in [2.24, 2.45) is 17.3 Å². The van der Waals surface area contributed by atoms with E-state index in [1.54, 1.807) is 11.1 Å². The smallest absolute Gasteiger partial charge is 0.156 e. The fourth-order valence-electron chi connectivity index (χ4n) is 5.61. The normalized spacial score (nSPS) is 27.0. The van der Waals surface area contributed by atoms with E-state index >= 15 is 0 Å². The van der Waals surface area contributed by atoms with Crippen molar-refractivity contribution >= 4 is 5.78 Å². The van der Waals surface area contributed by atoms with Crippen LogP contribution in [0.25, 0.3) is 0 Å². The standard InChI is InChI=1S/C22H34O/c1-16-14-19(23)15-22(2,3)21(16)20(17-10-6-4-7-11-17)18-12-8-5-9-13-18/h14,17-18H,4-13,15H2,1-3H3. The largest absolute Gasteiger partial charge is 0.295 e. The quantitative estimate of drug-likeness (QED) is 0.577. The molecule has 1 heteroatoms. The number of allylic oxidation sites excluding steroid dienone is 4. The lowest BCUT2D eigenvalue weighted by molar-refractivity contribution is -0.116. The number of hydrogen-bond acceptors (Lipinski definition) is 1. The third-order valence-corrected chi connectivity index (χ3v) is 6.44. The van der Waals surface area contributed by atoms with Crippen LogP contribution in [-0.2, 0) is 4.79 Å². The van der Waals surface area contributed by atoms with Crippen LogP contribution in [0.2, 0.25) is 0 Å². The van der Waals surface area contributed by atoms with E-state index in [2.05, 4.69) is 20.8 Å². The zero-order valence-electron chi connectivity index (χ0n) is 15.4. The monoisotopic (exact) mass is 314 g/mol. The first-order chi connectivity index (χ1) is 11.0. The first kappa shape index (κ1) is 17.0. The van der Waals surface area contributed by atoms with Crippen LogP contribution >= 0.6 is 0 Å². The van der Waals surface area contributed by atoms with Gasteiger partial charge in [0.25, 0.3) is 0 Å². The predicted octanol–water partition coefficient (Wildman–Crippen LogP) is 6.39. The summed E-state index contributed by atoms with van der Waals surface area (Å²) in [5, 5.41) is 0. The molecular weight excluding hydrogens is 280 g/mol. The molecule has 0 spiro atoms. The van der Waals surface area contributed by atoms with Gasteiger partial charge >= 0.3 is 0 Å². The van der Waals surface area contributed by atoms with Gasteiger partial charge in [-0.25, -0.2) is 0 Å². The molecule has 128 valence electrons. The van der Waals surface area contributed by atoms with E-state index < -0.39 is 0 Å². The van der Waals surface area contributed by atoms with E-state index in [9.17, 15) is 4.79 Å². The minimum Gasteiger partial charge on any atom is -0.295 e. The summed E-state index contributed by atoms with van der Waals surface area (Å²) in [5.41, 5.74) is 4.67. The maximum absolute atomic E-state index is 12.1. The maximum Gasteiger partial charge on any atom is 0.156 e. The third kappa shape index (κ3) is 3.64. The number of hydrogen-bond donors (Lipinski definition) is 0. The molecule has 0 unspecified atom stereocenters. The van der Waals surface area contributed by atoms with E-state index in [1.807, 2.05) is 6.08 Å². The van der Waals surface area contributed by atoms with Gasteiger partial charge in [-0.05, 0) is 67.1 Å². The first-order valence-electron chi connectivity index (χ1n) is 9.95.